The van der Waals surface area contributed by atoms with Gasteiger partial charge < -0.3 is 29.9 Å². The Balaban J connectivity index is 1.27. The summed E-state index contributed by atoms with van der Waals surface area (Å²) in [6.07, 6.45) is 12.3. The highest BCUT2D eigenvalue weighted by Gasteiger charge is 2.72. The third-order valence-corrected chi connectivity index (χ3v) is 10.1. The highest BCUT2D eigenvalue weighted by molar-refractivity contribution is 6.02. The molecule has 0 radical (unpaired) electrons. The van der Waals surface area contributed by atoms with E-state index >= 15 is 0 Å². The predicted molar refractivity (Wildman–Crippen MR) is 155 cm³/mol. The predicted octanol–water partition coefficient (Wildman–Crippen LogP) is 3.36. The number of methoxy groups -OCH3 is 1. The smallest absolute Gasteiger partial charge is 0.246 e. The lowest BCUT2D eigenvalue weighted by atomic mass is 9.74. The summed E-state index contributed by atoms with van der Waals surface area (Å²) in [5.74, 6) is -1.03. The van der Waals surface area contributed by atoms with Gasteiger partial charge in [-0.3, -0.25) is 14.4 Å². The molecular weight excluding hydrogens is 520 g/mol. The third-order valence-electron chi connectivity index (χ3n) is 10.1. The Hall–Kier alpha value is -2.91. The summed E-state index contributed by atoms with van der Waals surface area (Å²) in [5, 5.41) is 6.30. The maximum atomic E-state index is 14.3. The Morgan fingerprint density at radius 2 is 1.83 bits per heavy atom. The summed E-state index contributed by atoms with van der Waals surface area (Å²) in [6, 6.07) is 6.47. The maximum absolute atomic E-state index is 14.3. The minimum Gasteiger partial charge on any atom is -0.497 e. The lowest BCUT2D eigenvalue weighted by Crippen LogP contribution is -2.58. The van der Waals surface area contributed by atoms with Gasteiger partial charge in [-0.1, -0.05) is 50.8 Å². The molecule has 5 aliphatic rings. The first kappa shape index (κ1) is 28.2. The van der Waals surface area contributed by atoms with Crippen molar-refractivity contribution >= 4 is 23.4 Å². The van der Waals surface area contributed by atoms with Crippen molar-refractivity contribution in [2.24, 2.45) is 17.8 Å². The average molecular weight is 565 g/mol. The first-order valence-corrected chi connectivity index (χ1v) is 15.6. The van der Waals surface area contributed by atoms with Crippen LogP contribution in [0, 0.1) is 17.8 Å². The zero-order chi connectivity index (χ0) is 28.6. The molecule has 2 N–H and O–H groups in total. The number of rotatable bonds is 8. The van der Waals surface area contributed by atoms with Crippen LogP contribution in [0.5, 0.6) is 5.75 Å². The molecule has 2 bridgehead atoms. The van der Waals surface area contributed by atoms with Gasteiger partial charge in [-0.05, 0) is 56.8 Å². The van der Waals surface area contributed by atoms with Gasteiger partial charge in [0.15, 0.2) is 0 Å². The van der Waals surface area contributed by atoms with Gasteiger partial charge in [0.25, 0.3) is 0 Å². The van der Waals surface area contributed by atoms with E-state index in [9.17, 15) is 14.4 Å². The van der Waals surface area contributed by atoms with Gasteiger partial charge in [-0.15, -0.1) is 0 Å². The number of nitrogens with zero attached hydrogens (tertiary/aromatic N) is 2. The second-order valence-electron chi connectivity index (χ2n) is 12.6. The van der Waals surface area contributed by atoms with Crippen molar-refractivity contribution in [3.8, 4) is 5.75 Å². The number of ether oxygens (including phenoxy) is 2. The minimum atomic E-state index is -1.14. The van der Waals surface area contributed by atoms with Gasteiger partial charge in [-0.2, -0.15) is 0 Å². The molecule has 7 atom stereocenters. The number of fused-ring (bicyclic) bond motifs is 1. The van der Waals surface area contributed by atoms with Gasteiger partial charge in [-0.25, -0.2) is 0 Å². The van der Waals surface area contributed by atoms with E-state index in [1.54, 1.807) is 24.1 Å². The summed E-state index contributed by atoms with van der Waals surface area (Å²) in [5.41, 5.74) is -0.543. The fraction of sp³-hybridized carbons (Fsp3) is 0.656. The van der Waals surface area contributed by atoms with Gasteiger partial charge >= 0.3 is 0 Å². The van der Waals surface area contributed by atoms with E-state index in [0.29, 0.717) is 30.4 Å². The first-order chi connectivity index (χ1) is 19.9. The molecule has 3 saturated heterocycles. The number of amides is 3. The van der Waals surface area contributed by atoms with Crippen LogP contribution in [0.25, 0.3) is 0 Å². The second-order valence-corrected chi connectivity index (χ2v) is 12.6. The number of benzene rings is 1. The zero-order valence-electron chi connectivity index (χ0n) is 24.3. The van der Waals surface area contributed by atoms with Crippen LogP contribution in [-0.4, -0.2) is 84.6 Å². The second kappa shape index (κ2) is 11.8. The number of hydrogen-bond acceptors (Lipinski definition) is 6. The Morgan fingerprint density at radius 1 is 1.05 bits per heavy atom. The van der Waals surface area contributed by atoms with Crippen molar-refractivity contribution in [2.45, 2.75) is 82.1 Å². The summed E-state index contributed by atoms with van der Waals surface area (Å²) >= 11 is 0. The minimum absolute atomic E-state index is 0.0870. The number of carbonyl (C=O) groups is 3. The number of anilines is 1. The SMILES string of the molecule is COc1cccc(NC(=O)C2[C@@H]3C=CC4(O3)C(C(=O)NC3CCCCC3C)N(CCN3CCCCCC3)C(=O)[C@H]24)c1. The van der Waals surface area contributed by atoms with Gasteiger partial charge in [0.1, 0.15) is 17.4 Å². The fourth-order valence-corrected chi connectivity index (χ4v) is 7.84. The first-order valence-electron chi connectivity index (χ1n) is 15.6. The van der Waals surface area contributed by atoms with Crippen molar-refractivity contribution in [2.75, 3.05) is 38.6 Å². The van der Waals surface area contributed by atoms with Crippen LogP contribution in [0.1, 0.15) is 58.3 Å². The maximum Gasteiger partial charge on any atom is 0.246 e. The van der Waals surface area contributed by atoms with Crippen molar-refractivity contribution < 1.29 is 23.9 Å². The van der Waals surface area contributed by atoms with E-state index in [0.717, 1.165) is 45.2 Å². The number of nitrogens with one attached hydrogen (secondary N) is 2. The van der Waals surface area contributed by atoms with Crippen LogP contribution in [0.15, 0.2) is 36.4 Å². The topological polar surface area (TPSA) is 100 Å². The van der Waals surface area contributed by atoms with Crippen LogP contribution >= 0.6 is 0 Å². The van der Waals surface area contributed by atoms with Gasteiger partial charge in [0.2, 0.25) is 17.7 Å². The molecule has 6 rings (SSSR count). The molecule has 1 spiro atoms. The molecule has 4 fully saturated rings. The van der Waals surface area contributed by atoms with Crippen molar-refractivity contribution in [3.05, 3.63) is 36.4 Å². The zero-order valence-corrected chi connectivity index (χ0v) is 24.3. The Labute approximate surface area is 243 Å². The summed E-state index contributed by atoms with van der Waals surface area (Å²) in [4.78, 5) is 46.3. The van der Waals surface area contributed by atoms with E-state index in [2.05, 4.69) is 22.5 Å². The van der Waals surface area contributed by atoms with E-state index in [-0.39, 0.29) is 23.8 Å². The molecule has 0 aromatic heterocycles. The van der Waals surface area contributed by atoms with Crippen LogP contribution < -0.4 is 15.4 Å². The number of hydrogen-bond donors (Lipinski definition) is 2. The highest BCUT2D eigenvalue weighted by Crippen LogP contribution is 2.55. The van der Waals surface area contributed by atoms with Gasteiger partial charge in [0, 0.05) is 30.9 Å². The van der Waals surface area contributed by atoms with E-state index < -0.39 is 29.6 Å². The van der Waals surface area contributed by atoms with Crippen LogP contribution in [0.3, 0.4) is 0 Å². The van der Waals surface area contributed by atoms with E-state index in [4.69, 9.17) is 9.47 Å². The van der Waals surface area contributed by atoms with Crippen LogP contribution in [0.4, 0.5) is 5.69 Å². The van der Waals surface area contributed by atoms with Crippen molar-refractivity contribution in [1.82, 2.24) is 15.1 Å². The number of carbonyl (C=O) groups excluding carboxylic acids is 3. The normalized spacial score (nSPS) is 34.8. The molecular formula is C32H44N4O5. The molecule has 1 saturated carbocycles. The highest BCUT2D eigenvalue weighted by atomic mass is 16.5. The quantitative estimate of drug-likeness (QED) is 0.470. The van der Waals surface area contributed by atoms with Crippen molar-refractivity contribution in [3.63, 3.8) is 0 Å². The lowest BCUT2D eigenvalue weighted by molar-refractivity contribution is -0.141. The fourth-order valence-electron chi connectivity index (χ4n) is 7.84. The van der Waals surface area contributed by atoms with Crippen molar-refractivity contribution in [1.29, 1.82) is 0 Å². The molecule has 1 aromatic rings. The summed E-state index contributed by atoms with van der Waals surface area (Å²) < 4.78 is 11.8. The molecule has 41 heavy (non-hydrogen) atoms. The molecule has 5 unspecified atom stereocenters. The summed E-state index contributed by atoms with van der Waals surface area (Å²) in [7, 11) is 1.58. The number of likely N-dealkylation sites (tertiary alicyclic amines) is 2. The van der Waals surface area contributed by atoms with Gasteiger partial charge in [0.05, 0.1) is 25.0 Å². The standard InChI is InChI=1S/C32H44N4O5/c1-21-10-5-6-13-24(21)34-30(38)28-32-15-14-25(41-32)26(29(37)33-22-11-9-12-23(20-22)40-2)27(32)31(39)36(28)19-18-35-16-7-3-4-8-17-35/h9,11-12,14-15,20-21,24-28H,3-8,10,13,16-19H2,1-2H3,(H,33,37)(H,34,38)/t21?,24?,25-,26?,27-,28?,32?/m0/s1. The Kier molecular flexibility index (Phi) is 8.10. The largest absolute Gasteiger partial charge is 0.497 e. The molecule has 1 aromatic carbocycles. The molecule has 4 aliphatic heterocycles. The average Bonchev–Trinajstić information content (AvgIpc) is 3.52. The summed E-state index contributed by atoms with van der Waals surface area (Å²) in [6.45, 7) is 5.38. The molecule has 9 nitrogen and oxygen atoms in total. The monoisotopic (exact) mass is 564 g/mol. The van der Waals surface area contributed by atoms with Crippen LogP contribution in [-0.2, 0) is 19.1 Å². The molecule has 222 valence electrons. The van der Waals surface area contributed by atoms with Crippen LogP contribution in [0.2, 0.25) is 0 Å². The molecule has 1 aliphatic carbocycles. The lowest BCUT2D eigenvalue weighted by Gasteiger charge is -2.36. The Morgan fingerprint density at radius 3 is 2.59 bits per heavy atom. The van der Waals surface area contributed by atoms with E-state index in [1.807, 2.05) is 24.3 Å². The third kappa shape index (κ3) is 5.27. The van der Waals surface area contributed by atoms with E-state index in [1.165, 1.54) is 19.3 Å². The molecule has 9 heteroatoms. The molecule has 4 heterocycles. The Bertz CT molecular complexity index is 1180. The molecule has 3 amide bonds.